The molecule has 0 aromatic carbocycles. The van der Waals surface area contributed by atoms with Crippen molar-refractivity contribution >= 4 is 0 Å². The Kier molecular flexibility index (Phi) is 4.22. The van der Waals surface area contributed by atoms with E-state index in [1.165, 1.54) is 38.5 Å². The Morgan fingerprint density at radius 1 is 1.25 bits per heavy atom. The highest BCUT2D eigenvalue weighted by Gasteiger charge is 2.45. The highest BCUT2D eigenvalue weighted by Crippen LogP contribution is 2.40. The van der Waals surface area contributed by atoms with E-state index in [0.29, 0.717) is 18.6 Å². The maximum Gasteiger partial charge on any atom is 0.0679 e. The van der Waals surface area contributed by atoms with E-state index in [2.05, 4.69) is 12.2 Å². The summed E-state index contributed by atoms with van der Waals surface area (Å²) in [5.41, 5.74) is -0.155. The van der Waals surface area contributed by atoms with E-state index in [9.17, 15) is 5.11 Å². The minimum absolute atomic E-state index is 0.155. The minimum Gasteiger partial charge on any atom is -0.394 e. The van der Waals surface area contributed by atoms with Gasteiger partial charge in [-0.05, 0) is 38.1 Å². The fourth-order valence-corrected chi connectivity index (χ4v) is 2.85. The molecule has 0 aromatic rings. The normalized spacial score (nSPS) is 25.9. The van der Waals surface area contributed by atoms with Crippen LogP contribution in [0.25, 0.3) is 0 Å². The van der Waals surface area contributed by atoms with Gasteiger partial charge in [-0.3, -0.25) is 0 Å². The fraction of sp³-hybridized carbons (Fsp3) is 1.00. The third kappa shape index (κ3) is 2.76. The second-order valence-corrected chi connectivity index (χ2v) is 5.34. The number of ether oxygens (including phenoxy) is 1. The third-order valence-corrected chi connectivity index (χ3v) is 4.05. The van der Waals surface area contributed by atoms with Crippen molar-refractivity contribution in [1.82, 2.24) is 5.32 Å². The van der Waals surface area contributed by atoms with E-state index in [1.807, 2.05) is 0 Å². The van der Waals surface area contributed by atoms with Gasteiger partial charge in [-0.15, -0.1) is 0 Å². The summed E-state index contributed by atoms with van der Waals surface area (Å²) in [6, 6.07) is 0. The smallest absolute Gasteiger partial charge is 0.0679 e. The molecule has 0 saturated heterocycles. The Morgan fingerprint density at radius 2 is 1.94 bits per heavy atom. The standard InChI is InChI=1S/C13H25NO2/c1-2-14-13(9-15,11-7-8-11)10-16-12-5-3-4-6-12/h11-12,14-15H,2-10H2,1H3. The Bertz CT molecular complexity index is 212. The van der Waals surface area contributed by atoms with Crippen molar-refractivity contribution in [3.8, 4) is 0 Å². The molecule has 0 bridgehead atoms. The van der Waals surface area contributed by atoms with Gasteiger partial charge in [0.25, 0.3) is 0 Å². The van der Waals surface area contributed by atoms with Crippen LogP contribution in [0.4, 0.5) is 0 Å². The van der Waals surface area contributed by atoms with Crippen molar-refractivity contribution in [2.24, 2.45) is 5.92 Å². The molecule has 0 aromatic heterocycles. The van der Waals surface area contributed by atoms with Crippen LogP contribution in [0.15, 0.2) is 0 Å². The predicted octanol–water partition coefficient (Wildman–Crippen LogP) is 1.70. The van der Waals surface area contributed by atoms with Crippen molar-refractivity contribution < 1.29 is 9.84 Å². The van der Waals surface area contributed by atoms with E-state index in [-0.39, 0.29) is 12.1 Å². The summed E-state index contributed by atoms with van der Waals surface area (Å²) in [6.45, 7) is 3.90. The van der Waals surface area contributed by atoms with Gasteiger partial charge in [0.2, 0.25) is 0 Å². The second-order valence-electron chi connectivity index (χ2n) is 5.34. The zero-order chi connectivity index (χ0) is 11.4. The lowest BCUT2D eigenvalue weighted by Gasteiger charge is -2.34. The van der Waals surface area contributed by atoms with Crippen LogP contribution >= 0.6 is 0 Å². The van der Waals surface area contributed by atoms with Crippen LogP contribution in [-0.2, 0) is 4.74 Å². The number of rotatable bonds is 7. The molecule has 2 rings (SSSR count). The Labute approximate surface area is 98.6 Å². The summed E-state index contributed by atoms with van der Waals surface area (Å²) < 4.78 is 5.99. The summed E-state index contributed by atoms with van der Waals surface area (Å²) >= 11 is 0. The van der Waals surface area contributed by atoms with Gasteiger partial charge in [-0.2, -0.15) is 0 Å². The van der Waals surface area contributed by atoms with E-state index in [1.54, 1.807) is 0 Å². The summed E-state index contributed by atoms with van der Waals surface area (Å²) in [6.07, 6.45) is 7.95. The van der Waals surface area contributed by atoms with Crippen molar-refractivity contribution in [2.45, 2.75) is 57.1 Å². The van der Waals surface area contributed by atoms with Crippen molar-refractivity contribution in [1.29, 1.82) is 0 Å². The molecule has 2 aliphatic rings. The van der Waals surface area contributed by atoms with Crippen LogP contribution in [0, 0.1) is 5.92 Å². The molecule has 0 amide bonds. The molecular formula is C13H25NO2. The minimum atomic E-state index is -0.155. The molecule has 2 N–H and O–H groups in total. The van der Waals surface area contributed by atoms with Crippen LogP contribution in [0.5, 0.6) is 0 Å². The van der Waals surface area contributed by atoms with Crippen LogP contribution in [-0.4, -0.2) is 36.5 Å². The molecule has 3 heteroatoms. The van der Waals surface area contributed by atoms with Gasteiger partial charge in [0, 0.05) is 0 Å². The lowest BCUT2D eigenvalue weighted by Crippen LogP contribution is -2.54. The Hall–Kier alpha value is -0.120. The fourth-order valence-electron chi connectivity index (χ4n) is 2.85. The molecule has 1 unspecified atom stereocenters. The molecular weight excluding hydrogens is 202 g/mol. The van der Waals surface area contributed by atoms with Crippen LogP contribution in [0.2, 0.25) is 0 Å². The van der Waals surface area contributed by atoms with E-state index in [0.717, 1.165) is 6.54 Å². The summed E-state index contributed by atoms with van der Waals surface area (Å²) in [5, 5.41) is 13.1. The predicted molar refractivity (Wildman–Crippen MR) is 64.4 cm³/mol. The van der Waals surface area contributed by atoms with Crippen molar-refractivity contribution in [2.75, 3.05) is 19.8 Å². The van der Waals surface area contributed by atoms with E-state index < -0.39 is 0 Å². The maximum absolute atomic E-state index is 9.65. The zero-order valence-corrected chi connectivity index (χ0v) is 10.4. The van der Waals surface area contributed by atoms with Gasteiger partial charge >= 0.3 is 0 Å². The SMILES string of the molecule is CCNC(CO)(COC1CCCC1)C1CC1. The average Bonchev–Trinajstić information content (AvgIpc) is 3.03. The van der Waals surface area contributed by atoms with Gasteiger partial charge < -0.3 is 15.2 Å². The zero-order valence-electron chi connectivity index (χ0n) is 10.4. The van der Waals surface area contributed by atoms with Crippen molar-refractivity contribution in [3.63, 3.8) is 0 Å². The molecule has 0 heterocycles. The molecule has 0 spiro atoms. The van der Waals surface area contributed by atoms with E-state index >= 15 is 0 Å². The van der Waals surface area contributed by atoms with Gasteiger partial charge in [0.15, 0.2) is 0 Å². The number of hydrogen-bond acceptors (Lipinski definition) is 3. The molecule has 2 saturated carbocycles. The number of likely N-dealkylation sites (N-methyl/N-ethyl adjacent to an activating group) is 1. The van der Waals surface area contributed by atoms with E-state index in [4.69, 9.17) is 4.74 Å². The first-order chi connectivity index (χ1) is 7.80. The molecule has 2 fully saturated rings. The largest absolute Gasteiger partial charge is 0.394 e. The topological polar surface area (TPSA) is 41.5 Å². The first kappa shape index (κ1) is 12.3. The molecule has 3 nitrogen and oxygen atoms in total. The number of hydrogen-bond donors (Lipinski definition) is 2. The van der Waals surface area contributed by atoms with Crippen molar-refractivity contribution in [3.05, 3.63) is 0 Å². The number of aliphatic hydroxyl groups is 1. The molecule has 0 aliphatic heterocycles. The highest BCUT2D eigenvalue weighted by molar-refractivity contribution is 5.01. The Balaban J connectivity index is 1.84. The first-order valence-electron chi connectivity index (χ1n) is 6.78. The summed E-state index contributed by atoms with van der Waals surface area (Å²) in [5.74, 6) is 0.624. The van der Waals surface area contributed by atoms with Crippen LogP contribution in [0.1, 0.15) is 45.4 Å². The average molecular weight is 227 g/mol. The molecule has 16 heavy (non-hydrogen) atoms. The highest BCUT2D eigenvalue weighted by atomic mass is 16.5. The number of aliphatic hydroxyl groups excluding tert-OH is 1. The van der Waals surface area contributed by atoms with Gasteiger partial charge in [0.1, 0.15) is 0 Å². The molecule has 94 valence electrons. The van der Waals surface area contributed by atoms with Gasteiger partial charge in [0.05, 0.1) is 24.9 Å². The third-order valence-electron chi connectivity index (χ3n) is 4.05. The number of nitrogens with one attached hydrogen (secondary N) is 1. The molecule has 1 atom stereocenters. The van der Waals surface area contributed by atoms with Gasteiger partial charge in [-0.25, -0.2) is 0 Å². The lowest BCUT2D eigenvalue weighted by molar-refractivity contribution is -0.0147. The quantitative estimate of drug-likeness (QED) is 0.695. The lowest BCUT2D eigenvalue weighted by atomic mass is 9.95. The van der Waals surface area contributed by atoms with Crippen LogP contribution in [0.3, 0.4) is 0 Å². The monoisotopic (exact) mass is 227 g/mol. The maximum atomic E-state index is 9.65. The summed E-state index contributed by atoms with van der Waals surface area (Å²) in [7, 11) is 0. The Morgan fingerprint density at radius 3 is 2.44 bits per heavy atom. The summed E-state index contributed by atoms with van der Waals surface area (Å²) in [4.78, 5) is 0. The van der Waals surface area contributed by atoms with Crippen LogP contribution < -0.4 is 5.32 Å². The molecule has 2 aliphatic carbocycles. The first-order valence-corrected chi connectivity index (χ1v) is 6.78. The van der Waals surface area contributed by atoms with Gasteiger partial charge in [-0.1, -0.05) is 19.8 Å². The second kappa shape index (κ2) is 5.48. The molecule has 0 radical (unpaired) electrons.